The van der Waals surface area contributed by atoms with E-state index in [1.165, 1.54) is 6.20 Å². The number of hydrogen-bond acceptors (Lipinski definition) is 6. The number of aryl methyl sites for hydroxylation is 1. The maximum absolute atomic E-state index is 5.65. The highest BCUT2D eigenvalue weighted by molar-refractivity contribution is 6.10. The van der Waals surface area contributed by atoms with Gasteiger partial charge in [0.1, 0.15) is 5.82 Å². The first-order valence-electron chi connectivity index (χ1n) is 7.07. The number of nitrogens with one attached hydrogen (secondary N) is 1. The Morgan fingerprint density at radius 2 is 2.17 bits per heavy atom. The molecule has 0 bridgehead atoms. The average Bonchev–Trinajstić information content (AvgIpc) is 2.97. The Morgan fingerprint density at radius 3 is 2.87 bits per heavy atom. The number of pyridine rings is 2. The maximum atomic E-state index is 5.65. The van der Waals surface area contributed by atoms with Gasteiger partial charge < -0.3 is 15.6 Å². The van der Waals surface area contributed by atoms with Crippen LogP contribution in [0.4, 0.5) is 11.8 Å². The van der Waals surface area contributed by atoms with Crippen molar-refractivity contribution in [2.75, 3.05) is 12.4 Å². The third-order valence-electron chi connectivity index (χ3n) is 3.38. The second-order valence-electron chi connectivity index (χ2n) is 4.95. The van der Waals surface area contributed by atoms with Crippen molar-refractivity contribution in [2.45, 2.75) is 0 Å². The van der Waals surface area contributed by atoms with Crippen molar-refractivity contribution in [3.05, 3.63) is 48.6 Å². The lowest BCUT2D eigenvalue weighted by atomic mass is 10.1. The third-order valence-corrected chi connectivity index (χ3v) is 3.38. The van der Waals surface area contributed by atoms with E-state index in [0.717, 1.165) is 28.1 Å². The molecule has 3 aromatic heterocycles. The van der Waals surface area contributed by atoms with Gasteiger partial charge in [-0.25, -0.2) is 9.97 Å². The summed E-state index contributed by atoms with van der Waals surface area (Å²) in [6.07, 6.45) is 8.55. The minimum Gasteiger partial charge on any atom is -0.404 e. The van der Waals surface area contributed by atoms with Crippen molar-refractivity contribution >= 4 is 34.6 Å². The lowest BCUT2D eigenvalue weighted by Gasteiger charge is -2.07. The monoisotopic (exact) mass is 307 g/mol. The molecular weight excluding hydrogens is 290 g/mol. The van der Waals surface area contributed by atoms with Gasteiger partial charge in [0, 0.05) is 56.2 Å². The molecule has 0 radical (unpaired) electrons. The number of nitrogens with zero attached hydrogens (tertiary/aromatic N) is 5. The van der Waals surface area contributed by atoms with Crippen molar-refractivity contribution in [1.82, 2.24) is 19.5 Å². The normalized spacial score (nSPS) is 12.2. The Hall–Kier alpha value is -3.22. The van der Waals surface area contributed by atoms with E-state index in [4.69, 9.17) is 5.73 Å². The van der Waals surface area contributed by atoms with Crippen molar-refractivity contribution in [3.63, 3.8) is 0 Å². The Balaban J connectivity index is 1.99. The van der Waals surface area contributed by atoms with Crippen LogP contribution in [0.2, 0.25) is 0 Å². The van der Waals surface area contributed by atoms with Gasteiger partial charge in [0.25, 0.3) is 0 Å². The van der Waals surface area contributed by atoms with E-state index >= 15 is 0 Å². The number of hydrogen-bond donors (Lipinski definition) is 2. The third kappa shape index (κ3) is 3.03. The molecule has 0 atom stereocenters. The number of imidazole rings is 1. The van der Waals surface area contributed by atoms with Crippen LogP contribution in [0, 0.1) is 0 Å². The quantitative estimate of drug-likeness (QED) is 0.720. The van der Waals surface area contributed by atoms with E-state index in [-0.39, 0.29) is 0 Å². The van der Waals surface area contributed by atoms with Crippen LogP contribution < -0.4 is 11.1 Å². The summed E-state index contributed by atoms with van der Waals surface area (Å²) in [5, 5.41) is 3.18. The molecule has 0 aromatic carbocycles. The van der Waals surface area contributed by atoms with Crippen LogP contribution in [-0.4, -0.2) is 32.8 Å². The zero-order chi connectivity index (χ0) is 16.2. The summed E-state index contributed by atoms with van der Waals surface area (Å²) in [4.78, 5) is 17.2. The van der Waals surface area contributed by atoms with Gasteiger partial charge in [-0.1, -0.05) is 0 Å². The summed E-state index contributed by atoms with van der Waals surface area (Å²) in [7, 11) is 3.61. The zero-order valence-corrected chi connectivity index (χ0v) is 12.9. The number of nitrogens with two attached hydrogens (primary N) is 1. The van der Waals surface area contributed by atoms with Gasteiger partial charge in [-0.2, -0.15) is 0 Å². The topological polar surface area (TPSA) is 94.0 Å². The zero-order valence-electron chi connectivity index (χ0n) is 12.9. The van der Waals surface area contributed by atoms with Gasteiger partial charge in [0.2, 0.25) is 5.95 Å². The van der Waals surface area contributed by atoms with Crippen molar-refractivity contribution < 1.29 is 0 Å². The van der Waals surface area contributed by atoms with Crippen LogP contribution in [-0.2, 0) is 7.05 Å². The van der Waals surface area contributed by atoms with Gasteiger partial charge in [-0.3, -0.25) is 9.98 Å². The molecule has 23 heavy (non-hydrogen) atoms. The molecule has 0 fully saturated rings. The fourth-order valence-corrected chi connectivity index (χ4v) is 2.19. The Bertz CT molecular complexity index is 892. The highest BCUT2D eigenvalue weighted by Gasteiger charge is 2.06. The molecule has 0 saturated carbocycles. The summed E-state index contributed by atoms with van der Waals surface area (Å²) >= 11 is 0. The molecule has 116 valence electrons. The van der Waals surface area contributed by atoms with Gasteiger partial charge >= 0.3 is 0 Å². The van der Waals surface area contributed by atoms with Gasteiger partial charge in [0.15, 0.2) is 0 Å². The van der Waals surface area contributed by atoms with Crippen molar-refractivity contribution in [3.8, 4) is 0 Å². The lowest BCUT2D eigenvalue weighted by molar-refractivity contribution is 0.922. The lowest BCUT2D eigenvalue weighted by Crippen LogP contribution is -2.01. The Labute approximate surface area is 133 Å². The SMILES string of the molecule is CN=CC(=CN)c1cnc2ccc(Nc3nccn3C)nc2c1. The van der Waals surface area contributed by atoms with E-state index in [1.54, 1.807) is 25.7 Å². The maximum Gasteiger partial charge on any atom is 0.208 e. The fourth-order valence-electron chi connectivity index (χ4n) is 2.19. The number of allylic oxidation sites excluding steroid dienone is 1. The summed E-state index contributed by atoms with van der Waals surface area (Å²) in [6.45, 7) is 0. The molecule has 0 aliphatic heterocycles. The molecule has 0 amide bonds. The van der Waals surface area contributed by atoms with Crippen LogP contribution >= 0.6 is 0 Å². The number of fused-ring (bicyclic) bond motifs is 1. The Kier molecular flexibility index (Phi) is 4.01. The molecule has 3 N–H and O–H groups in total. The minimum absolute atomic E-state index is 0.702. The van der Waals surface area contributed by atoms with Crippen molar-refractivity contribution in [2.24, 2.45) is 17.8 Å². The highest BCUT2D eigenvalue weighted by atomic mass is 15.2. The standard InChI is InChI=1S/C16H17N7/c1-18-9-12(8-17)11-7-14-13(20-10-11)3-4-15(21-14)22-16-19-5-6-23(16)2/h3-10H,17H2,1-2H3,(H,19,21,22). The summed E-state index contributed by atoms with van der Waals surface area (Å²) in [5.41, 5.74) is 8.89. The average molecular weight is 307 g/mol. The molecule has 0 saturated heterocycles. The minimum atomic E-state index is 0.702. The molecular formula is C16H17N7. The van der Waals surface area contributed by atoms with Gasteiger partial charge in [-0.15, -0.1) is 0 Å². The van der Waals surface area contributed by atoms with Crippen LogP contribution in [0.3, 0.4) is 0 Å². The van der Waals surface area contributed by atoms with E-state index in [2.05, 4.69) is 25.3 Å². The Morgan fingerprint density at radius 1 is 1.30 bits per heavy atom. The number of anilines is 2. The molecule has 0 aliphatic rings. The van der Waals surface area contributed by atoms with Crippen LogP contribution in [0.25, 0.3) is 16.6 Å². The molecule has 0 spiro atoms. The molecule has 7 heteroatoms. The van der Waals surface area contributed by atoms with E-state index in [1.807, 2.05) is 36.0 Å². The first-order valence-corrected chi connectivity index (χ1v) is 7.07. The summed E-state index contributed by atoms with van der Waals surface area (Å²) < 4.78 is 1.88. The predicted octanol–water partition coefficient (Wildman–Crippen LogP) is 2.11. The smallest absolute Gasteiger partial charge is 0.208 e. The van der Waals surface area contributed by atoms with Gasteiger partial charge in [-0.05, 0) is 18.2 Å². The number of aromatic nitrogens is 4. The van der Waals surface area contributed by atoms with Crippen LogP contribution in [0.5, 0.6) is 0 Å². The second-order valence-corrected chi connectivity index (χ2v) is 4.95. The first-order chi connectivity index (χ1) is 11.2. The fraction of sp³-hybridized carbons (Fsp3) is 0.125. The van der Waals surface area contributed by atoms with E-state index in [0.29, 0.717) is 5.82 Å². The molecule has 3 heterocycles. The number of rotatable bonds is 4. The molecule has 0 aliphatic carbocycles. The second kappa shape index (κ2) is 6.27. The van der Waals surface area contributed by atoms with E-state index in [9.17, 15) is 0 Å². The van der Waals surface area contributed by atoms with E-state index < -0.39 is 0 Å². The van der Waals surface area contributed by atoms with Crippen LogP contribution in [0.1, 0.15) is 5.56 Å². The molecule has 3 rings (SSSR count). The molecule has 0 unspecified atom stereocenters. The van der Waals surface area contributed by atoms with Crippen LogP contribution in [0.15, 0.2) is 48.0 Å². The molecule has 3 aromatic rings. The largest absolute Gasteiger partial charge is 0.404 e. The molecule has 7 nitrogen and oxygen atoms in total. The predicted molar refractivity (Wildman–Crippen MR) is 92.6 cm³/mol. The highest BCUT2D eigenvalue weighted by Crippen LogP contribution is 2.20. The number of aliphatic imine (C=N–C) groups is 1. The van der Waals surface area contributed by atoms with Crippen molar-refractivity contribution in [1.29, 1.82) is 0 Å². The summed E-state index contributed by atoms with van der Waals surface area (Å²) in [6, 6.07) is 5.72. The first kappa shape index (κ1) is 14.7. The van der Waals surface area contributed by atoms with Gasteiger partial charge in [0.05, 0.1) is 11.0 Å². The summed E-state index contributed by atoms with van der Waals surface area (Å²) in [5.74, 6) is 1.43.